The third-order valence-corrected chi connectivity index (χ3v) is 6.04. The maximum Gasteiger partial charge on any atom is 0.318 e. The number of nitrogens with zero attached hydrogens (tertiary/aromatic N) is 1. The second-order valence-electron chi connectivity index (χ2n) is 7.05. The summed E-state index contributed by atoms with van der Waals surface area (Å²) >= 11 is 2.07. The third kappa shape index (κ3) is 3.53. The van der Waals surface area contributed by atoms with Crippen LogP contribution in [0.1, 0.15) is 45.4 Å². The highest BCUT2D eigenvalue weighted by Gasteiger charge is 2.57. The van der Waals surface area contributed by atoms with Gasteiger partial charge in [-0.3, -0.25) is 4.79 Å². The van der Waals surface area contributed by atoms with E-state index in [1.54, 1.807) is 0 Å². The summed E-state index contributed by atoms with van der Waals surface area (Å²) in [7, 11) is 0. The standard InChI is InChI=1S/C16H25INO5/c1-12(17)14(19)23-13-10-15(2-6-21-7-3-15)18(20)16(11-13)4-8-22-9-5-16/h12-13H,2-11H2,1H3. The van der Waals surface area contributed by atoms with Crippen molar-refractivity contribution in [2.24, 2.45) is 0 Å². The number of hydroxylamine groups is 2. The molecule has 2 spiro atoms. The van der Waals surface area contributed by atoms with E-state index in [2.05, 4.69) is 22.6 Å². The molecule has 3 rings (SSSR count). The van der Waals surface area contributed by atoms with Gasteiger partial charge in [0.15, 0.2) is 0 Å². The van der Waals surface area contributed by atoms with Crippen molar-refractivity contribution in [3.8, 4) is 0 Å². The SMILES string of the molecule is CC(I)C(=O)OC1CC2(CCOCC2)N([O])C2(CCOCC2)C1. The van der Waals surface area contributed by atoms with Crippen LogP contribution in [0.3, 0.4) is 0 Å². The summed E-state index contributed by atoms with van der Waals surface area (Å²) < 4.78 is 16.5. The van der Waals surface area contributed by atoms with Gasteiger partial charge in [-0.15, -0.1) is 10.3 Å². The highest BCUT2D eigenvalue weighted by atomic mass is 127. The van der Waals surface area contributed by atoms with E-state index in [-0.39, 0.29) is 16.0 Å². The summed E-state index contributed by atoms with van der Waals surface area (Å²) in [5.74, 6) is -0.181. The zero-order valence-corrected chi connectivity index (χ0v) is 15.7. The first-order valence-electron chi connectivity index (χ1n) is 8.45. The zero-order chi connectivity index (χ0) is 16.5. The van der Waals surface area contributed by atoms with Crippen molar-refractivity contribution in [3.63, 3.8) is 0 Å². The van der Waals surface area contributed by atoms with Crippen LogP contribution in [-0.2, 0) is 24.2 Å². The molecule has 6 nitrogen and oxygen atoms in total. The van der Waals surface area contributed by atoms with Crippen LogP contribution in [-0.4, -0.2) is 58.6 Å². The van der Waals surface area contributed by atoms with Crippen molar-refractivity contribution in [3.05, 3.63) is 0 Å². The van der Waals surface area contributed by atoms with E-state index in [1.807, 2.05) is 6.92 Å². The number of rotatable bonds is 2. The van der Waals surface area contributed by atoms with Crippen LogP contribution in [0, 0.1) is 0 Å². The van der Waals surface area contributed by atoms with E-state index in [4.69, 9.17) is 14.2 Å². The van der Waals surface area contributed by atoms with E-state index >= 15 is 0 Å². The quantitative estimate of drug-likeness (QED) is 0.376. The molecule has 1 radical (unpaired) electrons. The minimum absolute atomic E-state index is 0.172. The Hall–Kier alpha value is 0.0400. The Morgan fingerprint density at radius 3 is 1.91 bits per heavy atom. The van der Waals surface area contributed by atoms with Crippen LogP contribution in [0.2, 0.25) is 0 Å². The fourth-order valence-corrected chi connectivity index (χ4v) is 4.39. The van der Waals surface area contributed by atoms with Gasteiger partial charge in [-0.2, -0.15) is 0 Å². The number of alkyl halides is 1. The van der Waals surface area contributed by atoms with Gasteiger partial charge in [-0.25, -0.2) is 0 Å². The summed E-state index contributed by atoms with van der Waals surface area (Å²) in [6.45, 7) is 4.26. The first-order chi connectivity index (χ1) is 11.0. The van der Waals surface area contributed by atoms with Gasteiger partial charge in [0, 0.05) is 39.3 Å². The van der Waals surface area contributed by atoms with Gasteiger partial charge in [-0.1, -0.05) is 22.6 Å². The molecular weight excluding hydrogens is 413 g/mol. The normalized spacial score (nSPS) is 31.9. The maximum absolute atomic E-state index is 13.3. The topological polar surface area (TPSA) is 67.9 Å². The molecule has 1 atom stereocenters. The minimum Gasteiger partial charge on any atom is -0.461 e. The molecule has 23 heavy (non-hydrogen) atoms. The summed E-state index contributed by atoms with van der Waals surface area (Å²) in [6, 6.07) is 0. The van der Waals surface area contributed by atoms with Crippen LogP contribution in [0.25, 0.3) is 0 Å². The van der Waals surface area contributed by atoms with Crippen molar-refractivity contribution in [2.75, 3.05) is 26.4 Å². The van der Waals surface area contributed by atoms with Crippen molar-refractivity contribution in [1.29, 1.82) is 0 Å². The molecule has 0 amide bonds. The van der Waals surface area contributed by atoms with Crippen molar-refractivity contribution < 1.29 is 24.2 Å². The summed E-state index contributed by atoms with van der Waals surface area (Å²) in [6.07, 6.45) is 3.93. The second-order valence-corrected chi connectivity index (χ2v) is 8.92. The number of esters is 1. The summed E-state index contributed by atoms with van der Waals surface area (Å²) in [5, 5.41) is 14.7. The van der Waals surface area contributed by atoms with E-state index in [9.17, 15) is 10.0 Å². The second kappa shape index (κ2) is 7.11. The van der Waals surface area contributed by atoms with Crippen LogP contribution in [0.15, 0.2) is 0 Å². The lowest BCUT2D eigenvalue weighted by Gasteiger charge is -2.57. The molecule has 7 heteroatoms. The van der Waals surface area contributed by atoms with Crippen LogP contribution < -0.4 is 0 Å². The highest BCUT2D eigenvalue weighted by molar-refractivity contribution is 14.1. The zero-order valence-electron chi connectivity index (χ0n) is 13.6. The Kier molecular flexibility index (Phi) is 5.52. The molecule has 3 fully saturated rings. The minimum atomic E-state index is -0.451. The van der Waals surface area contributed by atoms with E-state index < -0.39 is 11.1 Å². The molecular formula is C16H25INO5. The van der Waals surface area contributed by atoms with E-state index in [0.29, 0.717) is 65.0 Å². The Bertz CT molecular complexity index is 404. The van der Waals surface area contributed by atoms with E-state index in [1.165, 1.54) is 5.06 Å². The van der Waals surface area contributed by atoms with E-state index in [0.717, 1.165) is 0 Å². The Morgan fingerprint density at radius 1 is 1.09 bits per heavy atom. The molecule has 3 aliphatic rings. The van der Waals surface area contributed by atoms with Crippen molar-refractivity contribution in [1.82, 2.24) is 5.06 Å². The van der Waals surface area contributed by atoms with Gasteiger partial charge in [0.1, 0.15) is 10.0 Å². The molecule has 131 valence electrons. The lowest BCUT2D eigenvalue weighted by atomic mass is 9.70. The molecule has 0 aliphatic carbocycles. The molecule has 0 aromatic carbocycles. The van der Waals surface area contributed by atoms with Crippen LogP contribution in [0.5, 0.6) is 0 Å². The molecule has 1 unspecified atom stereocenters. The van der Waals surface area contributed by atoms with Gasteiger partial charge in [0.25, 0.3) is 0 Å². The smallest absolute Gasteiger partial charge is 0.318 e. The molecule has 0 bridgehead atoms. The first-order valence-corrected chi connectivity index (χ1v) is 9.70. The lowest BCUT2D eigenvalue weighted by Crippen LogP contribution is -2.67. The maximum atomic E-state index is 13.3. The molecule has 0 aromatic rings. The molecule has 3 saturated heterocycles. The number of ether oxygens (including phenoxy) is 3. The predicted octanol–water partition coefficient (Wildman–Crippen LogP) is 2.26. The largest absolute Gasteiger partial charge is 0.461 e. The first kappa shape index (κ1) is 17.8. The molecule has 0 N–H and O–H groups in total. The monoisotopic (exact) mass is 438 g/mol. The average molecular weight is 438 g/mol. The van der Waals surface area contributed by atoms with Gasteiger partial charge in [-0.05, 0) is 32.6 Å². The molecule has 3 heterocycles. The summed E-state index contributed by atoms with van der Waals surface area (Å²) in [5.41, 5.74) is -0.902. The number of carbonyl (C=O) groups is 1. The number of carbonyl (C=O) groups excluding carboxylic acids is 1. The number of piperidine rings is 1. The number of halogens is 1. The molecule has 0 aromatic heterocycles. The Balaban J connectivity index is 1.83. The average Bonchev–Trinajstić information content (AvgIpc) is 2.54. The molecule has 3 aliphatic heterocycles. The fraction of sp³-hybridized carbons (Fsp3) is 0.938. The third-order valence-electron chi connectivity index (χ3n) is 5.53. The Morgan fingerprint density at radius 2 is 1.52 bits per heavy atom. The van der Waals surface area contributed by atoms with Gasteiger partial charge < -0.3 is 14.2 Å². The van der Waals surface area contributed by atoms with Crippen LogP contribution in [0.4, 0.5) is 0 Å². The Labute approximate surface area is 150 Å². The fourth-order valence-electron chi connectivity index (χ4n) is 4.25. The molecule has 0 saturated carbocycles. The van der Waals surface area contributed by atoms with Gasteiger partial charge in [0.05, 0.1) is 11.1 Å². The van der Waals surface area contributed by atoms with Crippen LogP contribution >= 0.6 is 22.6 Å². The van der Waals surface area contributed by atoms with Crippen molar-refractivity contribution >= 4 is 28.6 Å². The summed E-state index contributed by atoms with van der Waals surface area (Å²) in [4.78, 5) is 12.1. The highest BCUT2D eigenvalue weighted by Crippen LogP contribution is 2.48. The number of hydrogen-bond donors (Lipinski definition) is 0. The van der Waals surface area contributed by atoms with Gasteiger partial charge >= 0.3 is 5.97 Å². The van der Waals surface area contributed by atoms with Gasteiger partial charge in [0.2, 0.25) is 0 Å². The number of hydrogen-bond acceptors (Lipinski definition) is 5. The predicted molar refractivity (Wildman–Crippen MR) is 90.7 cm³/mol. The van der Waals surface area contributed by atoms with Crippen molar-refractivity contribution in [2.45, 2.75) is 66.6 Å². The lowest BCUT2D eigenvalue weighted by molar-refractivity contribution is -0.338.